The third-order valence-corrected chi connectivity index (χ3v) is 8.22. The van der Waals surface area contributed by atoms with Crippen molar-refractivity contribution in [2.24, 2.45) is 0 Å². The molecule has 0 radical (unpaired) electrons. The molecule has 2 rings (SSSR count). The van der Waals surface area contributed by atoms with E-state index >= 15 is 0 Å². The van der Waals surface area contributed by atoms with Gasteiger partial charge in [0, 0.05) is 17.8 Å². The van der Waals surface area contributed by atoms with Crippen LogP contribution < -0.4 is 4.43 Å². The molecule has 1 aromatic carbocycles. The lowest BCUT2D eigenvalue weighted by Crippen LogP contribution is -2.43. The number of rotatable bonds is 3. The van der Waals surface area contributed by atoms with Gasteiger partial charge in [0.15, 0.2) is 0 Å². The summed E-state index contributed by atoms with van der Waals surface area (Å²) in [5.41, 5.74) is 1.53. The summed E-state index contributed by atoms with van der Waals surface area (Å²) in [6, 6.07) is 6.59. The predicted octanol–water partition coefficient (Wildman–Crippen LogP) is 4.60. The van der Waals surface area contributed by atoms with Crippen LogP contribution in [0.2, 0.25) is 18.1 Å². The van der Waals surface area contributed by atoms with Crippen LogP contribution in [0.1, 0.15) is 20.8 Å². The van der Waals surface area contributed by atoms with Gasteiger partial charge in [-0.15, -0.1) is 0 Å². The van der Waals surface area contributed by atoms with E-state index in [2.05, 4.69) is 44.1 Å². The van der Waals surface area contributed by atoms with Crippen molar-refractivity contribution in [1.29, 1.82) is 0 Å². The second-order valence-corrected chi connectivity index (χ2v) is 11.2. The van der Waals surface area contributed by atoms with Gasteiger partial charge in [0.25, 0.3) is 0 Å². The van der Waals surface area contributed by atoms with Crippen LogP contribution in [0.3, 0.4) is 0 Å². The van der Waals surface area contributed by atoms with Gasteiger partial charge in [0.05, 0.1) is 5.69 Å². The van der Waals surface area contributed by atoms with Gasteiger partial charge in [-0.1, -0.05) is 20.8 Å². The summed E-state index contributed by atoms with van der Waals surface area (Å²) in [6.07, 6.45) is 1.65. The Bertz CT molecular complexity index is 588. The molecule has 0 amide bonds. The fourth-order valence-corrected chi connectivity index (χ4v) is 2.65. The number of H-pyrrole nitrogens is 1. The molecule has 20 heavy (non-hydrogen) atoms. The van der Waals surface area contributed by atoms with Gasteiger partial charge >= 0.3 is 0 Å². The van der Waals surface area contributed by atoms with Crippen LogP contribution in [-0.4, -0.2) is 18.5 Å². The van der Waals surface area contributed by atoms with Crippen molar-refractivity contribution < 1.29 is 8.82 Å². The lowest BCUT2D eigenvalue weighted by atomic mass is 10.1. The second kappa shape index (κ2) is 5.05. The first-order valence-electron chi connectivity index (χ1n) is 6.68. The highest BCUT2D eigenvalue weighted by atomic mass is 28.4. The Morgan fingerprint density at radius 1 is 1.20 bits per heavy atom. The van der Waals surface area contributed by atoms with Crippen molar-refractivity contribution in [3.63, 3.8) is 0 Å². The molecule has 1 heterocycles. The number of hydrogen-bond donors (Lipinski definition) is 1. The highest BCUT2D eigenvalue weighted by molar-refractivity contribution is 6.74. The maximum Gasteiger partial charge on any atom is 0.250 e. The predicted molar refractivity (Wildman–Crippen MR) is 81.8 cm³/mol. The van der Waals surface area contributed by atoms with Gasteiger partial charge in [-0.3, -0.25) is 5.10 Å². The van der Waals surface area contributed by atoms with E-state index in [9.17, 15) is 4.39 Å². The first-order valence-corrected chi connectivity index (χ1v) is 9.59. The molecule has 5 heteroatoms. The maximum absolute atomic E-state index is 13.8. The van der Waals surface area contributed by atoms with Crippen LogP contribution in [0.15, 0.2) is 30.5 Å². The minimum atomic E-state index is -1.97. The zero-order valence-corrected chi connectivity index (χ0v) is 13.6. The highest BCUT2D eigenvalue weighted by Gasteiger charge is 2.39. The monoisotopic (exact) mass is 292 g/mol. The largest absolute Gasteiger partial charge is 0.543 e. The van der Waals surface area contributed by atoms with Crippen molar-refractivity contribution >= 4 is 8.32 Å². The zero-order valence-electron chi connectivity index (χ0n) is 12.6. The standard InChI is InChI=1S/C15H21FN2OSi/c1-15(2,3)20(4,5)19-13-9-11(8-12(16)10-13)14-6-7-17-18-14/h6-10H,1-5H3,(H,17,18). The van der Waals surface area contributed by atoms with E-state index in [1.165, 1.54) is 12.1 Å². The summed E-state index contributed by atoms with van der Waals surface area (Å²) >= 11 is 0. The van der Waals surface area contributed by atoms with Crippen molar-refractivity contribution in [3.8, 4) is 17.0 Å². The van der Waals surface area contributed by atoms with E-state index in [1.807, 2.05) is 12.1 Å². The Hall–Kier alpha value is -1.62. The molecule has 0 spiro atoms. The molecule has 0 atom stereocenters. The zero-order chi connectivity index (χ0) is 15.0. The lowest BCUT2D eigenvalue weighted by molar-refractivity contribution is 0.487. The molecular formula is C15H21FN2OSi. The van der Waals surface area contributed by atoms with Gasteiger partial charge in [0.2, 0.25) is 8.32 Å². The molecular weight excluding hydrogens is 271 g/mol. The Morgan fingerprint density at radius 3 is 2.45 bits per heavy atom. The molecule has 108 valence electrons. The lowest BCUT2D eigenvalue weighted by Gasteiger charge is -2.36. The molecule has 0 saturated carbocycles. The first kappa shape index (κ1) is 14.8. The van der Waals surface area contributed by atoms with E-state index in [0.29, 0.717) is 5.75 Å². The first-order chi connectivity index (χ1) is 9.19. The van der Waals surface area contributed by atoms with Gasteiger partial charge < -0.3 is 4.43 Å². The van der Waals surface area contributed by atoms with E-state index in [0.717, 1.165) is 11.3 Å². The Labute approximate surface area is 120 Å². The average molecular weight is 292 g/mol. The number of hydrogen-bond acceptors (Lipinski definition) is 2. The Kier molecular flexibility index (Phi) is 3.73. The van der Waals surface area contributed by atoms with Crippen molar-refractivity contribution in [2.75, 3.05) is 0 Å². The topological polar surface area (TPSA) is 37.9 Å². The van der Waals surface area contributed by atoms with E-state index in [4.69, 9.17) is 4.43 Å². The second-order valence-electron chi connectivity index (χ2n) is 6.51. The number of aromatic amines is 1. The summed E-state index contributed by atoms with van der Waals surface area (Å²) in [6.45, 7) is 10.8. The number of nitrogens with zero attached hydrogens (tertiary/aromatic N) is 1. The third-order valence-electron chi connectivity index (χ3n) is 3.86. The number of benzene rings is 1. The summed E-state index contributed by atoms with van der Waals surface area (Å²) in [4.78, 5) is 0. The number of aromatic nitrogens is 2. The number of nitrogens with one attached hydrogen (secondary N) is 1. The fraction of sp³-hybridized carbons (Fsp3) is 0.400. The van der Waals surface area contributed by atoms with Gasteiger partial charge in [0.1, 0.15) is 11.6 Å². The highest BCUT2D eigenvalue weighted by Crippen LogP contribution is 2.38. The Balaban J connectivity index is 2.34. The molecule has 0 unspecified atom stereocenters. The minimum absolute atomic E-state index is 0.0769. The van der Waals surface area contributed by atoms with E-state index in [1.54, 1.807) is 6.20 Å². The van der Waals surface area contributed by atoms with Gasteiger partial charge in [-0.25, -0.2) is 4.39 Å². The summed E-state index contributed by atoms with van der Waals surface area (Å²) in [7, 11) is -1.97. The molecule has 3 nitrogen and oxygen atoms in total. The molecule has 1 N–H and O–H groups in total. The normalized spacial score (nSPS) is 12.5. The minimum Gasteiger partial charge on any atom is -0.543 e. The fourth-order valence-electron chi connectivity index (χ4n) is 1.64. The summed E-state index contributed by atoms with van der Waals surface area (Å²) < 4.78 is 19.9. The molecule has 0 bridgehead atoms. The summed E-state index contributed by atoms with van der Waals surface area (Å²) in [5.74, 6) is 0.284. The smallest absolute Gasteiger partial charge is 0.250 e. The molecule has 0 aliphatic heterocycles. The van der Waals surface area contributed by atoms with Crippen LogP contribution in [-0.2, 0) is 0 Å². The summed E-state index contributed by atoms with van der Waals surface area (Å²) in [5, 5.41) is 6.81. The molecule has 1 aromatic heterocycles. The maximum atomic E-state index is 13.8. The van der Waals surface area contributed by atoms with Crippen LogP contribution in [0, 0.1) is 5.82 Å². The average Bonchev–Trinajstić information content (AvgIpc) is 2.78. The van der Waals surface area contributed by atoms with E-state index in [-0.39, 0.29) is 10.9 Å². The van der Waals surface area contributed by atoms with Crippen LogP contribution in [0.25, 0.3) is 11.3 Å². The van der Waals surface area contributed by atoms with Crippen LogP contribution >= 0.6 is 0 Å². The van der Waals surface area contributed by atoms with Crippen molar-refractivity contribution in [2.45, 2.75) is 38.9 Å². The quantitative estimate of drug-likeness (QED) is 0.840. The molecule has 2 aromatic rings. The van der Waals surface area contributed by atoms with Crippen LogP contribution in [0.5, 0.6) is 5.75 Å². The SMILES string of the molecule is CC(C)(C)[Si](C)(C)Oc1cc(F)cc(-c2ccn[nH]2)c1. The van der Waals surface area contributed by atoms with Crippen molar-refractivity contribution in [3.05, 3.63) is 36.3 Å². The van der Waals surface area contributed by atoms with Crippen molar-refractivity contribution in [1.82, 2.24) is 10.2 Å². The number of halogens is 1. The molecule has 0 fully saturated rings. The molecule has 0 aliphatic carbocycles. The molecule has 0 saturated heterocycles. The molecule has 0 aliphatic rings. The van der Waals surface area contributed by atoms with Gasteiger partial charge in [-0.05, 0) is 36.3 Å². The van der Waals surface area contributed by atoms with Crippen LogP contribution in [0.4, 0.5) is 4.39 Å². The van der Waals surface area contributed by atoms with E-state index < -0.39 is 8.32 Å². The third kappa shape index (κ3) is 3.09. The Morgan fingerprint density at radius 2 is 1.90 bits per heavy atom. The van der Waals surface area contributed by atoms with Gasteiger partial charge in [-0.2, -0.15) is 5.10 Å².